The zero-order valence-electron chi connectivity index (χ0n) is 18.2. The van der Waals surface area contributed by atoms with Crippen LogP contribution in [0.2, 0.25) is 5.02 Å². The van der Waals surface area contributed by atoms with Crippen molar-refractivity contribution in [2.75, 3.05) is 5.75 Å². The fourth-order valence-corrected chi connectivity index (χ4v) is 4.00. The SMILES string of the molecule is CC(=NNC(=O)CSc1nnc(-c2ccccc2)n1-c1ccc(C)cc1)c1ccc(Cl)cc1. The molecule has 0 spiro atoms. The van der Waals surface area contributed by atoms with E-state index in [4.69, 9.17) is 11.6 Å². The number of amides is 1. The van der Waals surface area contributed by atoms with Gasteiger partial charge in [-0.2, -0.15) is 5.10 Å². The third-order valence-corrected chi connectivity index (χ3v) is 6.08. The lowest BCUT2D eigenvalue weighted by Gasteiger charge is -2.10. The van der Waals surface area contributed by atoms with E-state index in [1.807, 2.05) is 85.1 Å². The molecule has 0 aliphatic heterocycles. The van der Waals surface area contributed by atoms with Gasteiger partial charge >= 0.3 is 0 Å². The largest absolute Gasteiger partial charge is 0.272 e. The molecule has 0 aliphatic carbocycles. The summed E-state index contributed by atoms with van der Waals surface area (Å²) >= 11 is 7.23. The summed E-state index contributed by atoms with van der Waals surface area (Å²) in [5.41, 5.74) is 7.24. The normalized spacial score (nSPS) is 11.4. The molecule has 33 heavy (non-hydrogen) atoms. The Bertz CT molecular complexity index is 1270. The first-order chi connectivity index (χ1) is 16.0. The summed E-state index contributed by atoms with van der Waals surface area (Å²) in [6, 6.07) is 25.3. The zero-order valence-corrected chi connectivity index (χ0v) is 19.8. The van der Waals surface area contributed by atoms with Crippen LogP contribution in [-0.4, -0.2) is 32.1 Å². The monoisotopic (exact) mass is 475 g/mol. The number of aryl methyl sites for hydroxylation is 1. The zero-order chi connectivity index (χ0) is 23.2. The first-order valence-electron chi connectivity index (χ1n) is 10.3. The van der Waals surface area contributed by atoms with Gasteiger partial charge in [0, 0.05) is 16.3 Å². The average Bonchev–Trinajstić information content (AvgIpc) is 3.26. The lowest BCUT2D eigenvalue weighted by atomic mass is 10.1. The molecule has 0 saturated heterocycles. The van der Waals surface area contributed by atoms with E-state index in [1.165, 1.54) is 11.8 Å². The van der Waals surface area contributed by atoms with Gasteiger partial charge in [-0.05, 0) is 43.7 Å². The molecule has 4 rings (SSSR count). The standard InChI is InChI=1S/C25H22ClN5OS/c1-17-8-14-22(15-9-17)31-24(20-6-4-3-5-7-20)29-30-25(31)33-16-23(32)28-27-18(2)19-10-12-21(26)13-11-19/h3-15H,16H2,1-2H3,(H,28,32). The highest BCUT2D eigenvalue weighted by molar-refractivity contribution is 7.99. The summed E-state index contributed by atoms with van der Waals surface area (Å²) < 4.78 is 1.97. The van der Waals surface area contributed by atoms with E-state index >= 15 is 0 Å². The molecule has 1 heterocycles. The van der Waals surface area contributed by atoms with Crippen molar-refractivity contribution in [1.29, 1.82) is 0 Å². The van der Waals surface area contributed by atoms with Crippen LogP contribution in [0, 0.1) is 6.92 Å². The second-order valence-corrected chi connectivity index (χ2v) is 8.75. The summed E-state index contributed by atoms with van der Waals surface area (Å²) in [6.07, 6.45) is 0. The van der Waals surface area contributed by atoms with E-state index in [1.54, 1.807) is 12.1 Å². The minimum absolute atomic E-state index is 0.149. The second-order valence-electron chi connectivity index (χ2n) is 7.37. The molecule has 0 unspecified atom stereocenters. The molecule has 166 valence electrons. The Morgan fingerprint density at radius 3 is 2.39 bits per heavy atom. The van der Waals surface area contributed by atoms with E-state index in [2.05, 4.69) is 20.7 Å². The van der Waals surface area contributed by atoms with Crippen LogP contribution in [0.15, 0.2) is 89.1 Å². The van der Waals surface area contributed by atoms with Crippen LogP contribution >= 0.6 is 23.4 Å². The third kappa shape index (κ3) is 5.69. The molecule has 0 fully saturated rings. The molecule has 1 aromatic heterocycles. The minimum atomic E-state index is -0.229. The van der Waals surface area contributed by atoms with Crippen molar-refractivity contribution in [3.63, 3.8) is 0 Å². The number of hydrogen-bond acceptors (Lipinski definition) is 5. The first kappa shape index (κ1) is 22.8. The lowest BCUT2D eigenvalue weighted by Crippen LogP contribution is -2.21. The van der Waals surface area contributed by atoms with Gasteiger partial charge in [-0.1, -0.05) is 83.5 Å². The van der Waals surface area contributed by atoms with Crippen LogP contribution in [0.25, 0.3) is 17.1 Å². The molecular formula is C25H22ClN5OS. The topological polar surface area (TPSA) is 72.2 Å². The molecule has 0 radical (unpaired) electrons. The number of hydrogen-bond donors (Lipinski definition) is 1. The maximum atomic E-state index is 12.5. The van der Waals surface area contributed by atoms with E-state index in [0.717, 1.165) is 28.2 Å². The first-order valence-corrected chi connectivity index (χ1v) is 11.7. The number of rotatable bonds is 7. The molecular weight excluding hydrogens is 454 g/mol. The van der Waals surface area contributed by atoms with Crippen molar-refractivity contribution in [2.24, 2.45) is 5.10 Å². The van der Waals surface area contributed by atoms with Crippen LogP contribution in [0.1, 0.15) is 18.1 Å². The quantitative estimate of drug-likeness (QED) is 0.217. The maximum absolute atomic E-state index is 12.5. The maximum Gasteiger partial charge on any atom is 0.250 e. The Hall–Kier alpha value is -3.42. The fraction of sp³-hybridized carbons (Fsp3) is 0.120. The molecule has 1 N–H and O–H groups in total. The number of benzene rings is 3. The van der Waals surface area contributed by atoms with E-state index < -0.39 is 0 Å². The molecule has 1 amide bonds. The van der Waals surface area contributed by atoms with Crippen LogP contribution in [0.4, 0.5) is 0 Å². The van der Waals surface area contributed by atoms with Crippen LogP contribution in [0.3, 0.4) is 0 Å². The van der Waals surface area contributed by atoms with Crippen LogP contribution in [-0.2, 0) is 4.79 Å². The smallest absolute Gasteiger partial charge is 0.250 e. The van der Waals surface area contributed by atoms with Crippen molar-refractivity contribution in [3.8, 4) is 17.1 Å². The van der Waals surface area contributed by atoms with E-state index in [9.17, 15) is 4.79 Å². The van der Waals surface area contributed by atoms with E-state index in [-0.39, 0.29) is 11.7 Å². The Balaban J connectivity index is 1.51. The predicted octanol–water partition coefficient (Wildman–Crippen LogP) is 5.53. The lowest BCUT2D eigenvalue weighted by molar-refractivity contribution is -0.118. The van der Waals surface area contributed by atoms with Crippen molar-refractivity contribution in [1.82, 2.24) is 20.2 Å². The molecule has 0 bridgehead atoms. The fourth-order valence-electron chi connectivity index (χ4n) is 3.13. The van der Waals surface area contributed by atoms with Crippen LogP contribution < -0.4 is 5.43 Å². The highest BCUT2D eigenvalue weighted by atomic mass is 35.5. The minimum Gasteiger partial charge on any atom is -0.272 e. The van der Waals surface area contributed by atoms with Crippen molar-refractivity contribution in [2.45, 2.75) is 19.0 Å². The van der Waals surface area contributed by atoms with Gasteiger partial charge in [-0.25, -0.2) is 5.43 Å². The van der Waals surface area contributed by atoms with Crippen molar-refractivity contribution in [3.05, 3.63) is 95.0 Å². The number of nitrogens with one attached hydrogen (secondary N) is 1. The van der Waals surface area contributed by atoms with Gasteiger partial charge in [0.1, 0.15) is 0 Å². The van der Waals surface area contributed by atoms with Crippen molar-refractivity contribution < 1.29 is 4.79 Å². The Morgan fingerprint density at radius 1 is 1.00 bits per heavy atom. The molecule has 0 atom stereocenters. The number of halogens is 1. The highest BCUT2D eigenvalue weighted by Gasteiger charge is 2.17. The average molecular weight is 476 g/mol. The van der Waals surface area contributed by atoms with Gasteiger partial charge in [0.15, 0.2) is 11.0 Å². The Morgan fingerprint density at radius 2 is 1.70 bits per heavy atom. The van der Waals surface area contributed by atoms with Gasteiger partial charge in [-0.15, -0.1) is 10.2 Å². The third-order valence-electron chi connectivity index (χ3n) is 4.90. The number of hydrazone groups is 1. The van der Waals surface area contributed by atoms with Crippen LogP contribution in [0.5, 0.6) is 0 Å². The van der Waals surface area contributed by atoms with Gasteiger partial charge in [0.25, 0.3) is 5.91 Å². The second kappa shape index (κ2) is 10.5. The summed E-state index contributed by atoms with van der Waals surface area (Å²) in [4.78, 5) is 12.5. The van der Waals surface area contributed by atoms with Crippen molar-refractivity contribution >= 4 is 35.0 Å². The van der Waals surface area contributed by atoms with Gasteiger partial charge in [-0.3, -0.25) is 9.36 Å². The molecule has 0 aliphatic rings. The number of thioether (sulfide) groups is 1. The highest BCUT2D eigenvalue weighted by Crippen LogP contribution is 2.28. The number of carbonyl (C=O) groups is 1. The molecule has 0 saturated carbocycles. The van der Waals surface area contributed by atoms with Gasteiger partial charge in [0.05, 0.1) is 11.5 Å². The number of nitrogens with zero attached hydrogens (tertiary/aromatic N) is 4. The predicted molar refractivity (Wildman–Crippen MR) is 134 cm³/mol. The Labute approximate surface area is 201 Å². The van der Waals surface area contributed by atoms with E-state index in [0.29, 0.717) is 15.9 Å². The molecule has 3 aromatic carbocycles. The Kier molecular flexibility index (Phi) is 7.22. The molecule has 6 nitrogen and oxygen atoms in total. The number of carbonyl (C=O) groups excluding carboxylic acids is 1. The summed E-state index contributed by atoms with van der Waals surface area (Å²) in [5.74, 6) is 0.642. The van der Waals surface area contributed by atoms with Gasteiger partial charge < -0.3 is 0 Å². The summed E-state index contributed by atoms with van der Waals surface area (Å²) in [7, 11) is 0. The molecule has 8 heteroatoms. The number of aromatic nitrogens is 3. The summed E-state index contributed by atoms with van der Waals surface area (Å²) in [5, 5.41) is 14.2. The molecule has 4 aromatic rings. The summed E-state index contributed by atoms with van der Waals surface area (Å²) in [6.45, 7) is 3.87. The van der Waals surface area contributed by atoms with Gasteiger partial charge in [0.2, 0.25) is 0 Å².